The minimum absolute atomic E-state index is 0.176. The van der Waals surface area contributed by atoms with E-state index in [1.165, 1.54) is 0 Å². The third kappa shape index (κ3) is 3.36. The number of primary amides is 1. The summed E-state index contributed by atoms with van der Waals surface area (Å²) in [5.41, 5.74) is 7.11. The van der Waals surface area contributed by atoms with E-state index >= 15 is 0 Å². The van der Waals surface area contributed by atoms with Crippen molar-refractivity contribution in [3.05, 3.63) is 11.1 Å². The number of allylic oxidation sites excluding steroid dienone is 1. The first kappa shape index (κ1) is 12.7. The molecule has 4 heteroatoms. The molecule has 1 fully saturated rings. The van der Waals surface area contributed by atoms with Gasteiger partial charge in [-0.3, -0.25) is 9.59 Å². The Hall–Kier alpha value is -1.32. The van der Waals surface area contributed by atoms with E-state index in [9.17, 15) is 9.59 Å². The number of amides is 2. The van der Waals surface area contributed by atoms with Gasteiger partial charge < -0.3 is 10.6 Å². The van der Waals surface area contributed by atoms with Crippen LogP contribution in [0.4, 0.5) is 0 Å². The van der Waals surface area contributed by atoms with Crippen LogP contribution >= 0.6 is 0 Å². The Morgan fingerprint density at radius 2 is 2.00 bits per heavy atom. The lowest BCUT2D eigenvalue weighted by Crippen LogP contribution is -2.47. The monoisotopic (exact) mass is 224 g/mol. The van der Waals surface area contributed by atoms with E-state index in [0.29, 0.717) is 6.42 Å². The Kier molecular flexibility index (Phi) is 4.52. The molecule has 90 valence electrons. The van der Waals surface area contributed by atoms with Crippen LogP contribution in [0.1, 0.15) is 39.5 Å². The molecule has 0 aromatic heterocycles. The summed E-state index contributed by atoms with van der Waals surface area (Å²) in [4.78, 5) is 23.9. The van der Waals surface area contributed by atoms with Crippen molar-refractivity contribution < 1.29 is 9.59 Å². The van der Waals surface area contributed by atoms with Crippen LogP contribution in [0.3, 0.4) is 0 Å². The van der Waals surface area contributed by atoms with E-state index in [2.05, 4.69) is 0 Å². The number of hydrogen-bond donors (Lipinski definition) is 1. The fourth-order valence-corrected chi connectivity index (χ4v) is 1.76. The van der Waals surface area contributed by atoms with Crippen LogP contribution in [-0.2, 0) is 9.59 Å². The van der Waals surface area contributed by atoms with Gasteiger partial charge in [0.25, 0.3) is 5.91 Å². The highest BCUT2D eigenvalue weighted by Crippen LogP contribution is 2.20. The smallest absolute Gasteiger partial charge is 0.251 e. The number of unbranched alkanes of at least 4 members (excludes halogenated alkanes) is 2. The average Bonchev–Trinajstić information content (AvgIpc) is 2.19. The summed E-state index contributed by atoms with van der Waals surface area (Å²) in [6.45, 7) is 5.53. The van der Waals surface area contributed by atoms with Crippen molar-refractivity contribution in [1.82, 2.24) is 4.90 Å². The maximum Gasteiger partial charge on any atom is 0.251 e. The number of carbonyl (C=O) groups is 2. The lowest BCUT2D eigenvalue weighted by atomic mass is 10.0. The third-order valence-electron chi connectivity index (χ3n) is 2.85. The number of likely N-dealkylation sites (tertiary alicyclic amines) is 1. The van der Waals surface area contributed by atoms with Crippen LogP contribution in [0.25, 0.3) is 0 Å². The van der Waals surface area contributed by atoms with Gasteiger partial charge in [-0.1, -0.05) is 12.0 Å². The molecule has 0 aliphatic carbocycles. The Morgan fingerprint density at radius 3 is 2.50 bits per heavy atom. The van der Waals surface area contributed by atoms with Gasteiger partial charge in [0.1, 0.15) is 0 Å². The molecule has 1 saturated heterocycles. The van der Waals surface area contributed by atoms with Crippen molar-refractivity contribution in [3.8, 4) is 0 Å². The fourth-order valence-electron chi connectivity index (χ4n) is 1.76. The predicted octanol–water partition coefficient (Wildman–Crippen LogP) is 1.21. The number of nitrogens with two attached hydrogens (primary N) is 1. The van der Waals surface area contributed by atoms with Gasteiger partial charge in [0.15, 0.2) is 0 Å². The number of rotatable bonds is 6. The Bertz CT molecular complexity index is 317. The van der Waals surface area contributed by atoms with Crippen LogP contribution in [0.5, 0.6) is 0 Å². The molecule has 0 atom stereocenters. The minimum Gasteiger partial charge on any atom is -0.370 e. The van der Waals surface area contributed by atoms with Crippen LogP contribution in [0, 0.1) is 0 Å². The highest BCUT2D eigenvalue weighted by atomic mass is 16.2. The quantitative estimate of drug-likeness (QED) is 0.419. The van der Waals surface area contributed by atoms with Gasteiger partial charge in [0.05, 0.1) is 6.54 Å². The van der Waals surface area contributed by atoms with E-state index in [1.807, 2.05) is 18.7 Å². The van der Waals surface area contributed by atoms with Gasteiger partial charge >= 0.3 is 0 Å². The van der Waals surface area contributed by atoms with Crippen LogP contribution < -0.4 is 5.73 Å². The second-order valence-electron chi connectivity index (χ2n) is 4.48. The van der Waals surface area contributed by atoms with E-state index in [1.54, 1.807) is 0 Å². The first-order valence-corrected chi connectivity index (χ1v) is 5.76. The summed E-state index contributed by atoms with van der Waals surface area (Å²) in [5, 5.41) is 0. The third-order valence-corrected chi connectivity index (χ3v) is 2.85. The zero-order valence-corrected chi connectivity index (χ0v) is 10.1. The molecule has 1 rings (SSSR count). The molecule has 2 N–H and O–H groups in total. The van der Waals surface area contributed by atoms with Crippen molar-refractivity contribution in [3.63, 3.8) is 0 Å². The van der Waals surface area contributed by atoms with Crippen molar-refractivity contribution in [1.29, 1.82) is 0 Å². The lowest BCUT2D eigenvalue weighted by molar-refractivity contribution is -0.132. The highest BCUT2D eigenvalue weighted by molar-refractivity contribution is 6.00. The summed E-state index contributed by atoms with van der Waals surface area (Å²) in [5.74, 6) is -0.0678. The second kappa shape index (κ2) is 5.68. The largest absolute Gasteiger partial charge is 0.370 e. The summed E-state index contributed by atoms with van der Waals surface area (Å²) < 4.78 is 0. The molecule has 0 spiro atoms. The first-order valence-electron chi connectivity index (χ1n) is 5.76. The molecule has 0 aromatic carbocycles. The fraction of sp³-hybridized carbons (Fsp3) is 0.667. The summed E-state index contributed by atoms with van der Waals surface area (Å²) in [7, 11) is 0. The zero-order chi connectivity index (χ0) is 12.1. The van der Waals surface area contributed by atoms with Crippen LogP contribution in [0.2, 0.25) is 0 Å². The molecule has 1 aliphatic heterocycles. The van der Waals surface area contributed by atoms with Gasteiger partial charge in [-0.05, 0) is 26.7 Å². The van der Waals surface area contributed by atoms with Crippen molar-refractivity contribution >= 4 is 11.8 Å². The zero-order valence-electron chi connectivity index (χ0n) is 10.1. The molecule has 1 aliphatic rings. The van der Waals surface area contributed by atoms with Crippen LogP contribution in [-0.4, -0.2) is 29.8 Å². The molecular formula is C12H20N2O2. The van der Waals surface area contributed by atoms with Gasteiger partial charge in [0.2, 0.25) is 5.91 Å². The number of β-lactam (4-membered cyclic amide) rings is 1. The summed E-state index contributed by atoms with van der Waals surface area (Å²) >= 11 is 0. The number of hydrogen-bond acceptors (Lipinski definition) is 2. The molecule has 2 amide bonds. The molecule has 0 bridgehead atoms. The molecule has 0 unspecified atom stereocenters. The molecule has 0 aromatic rings. The topological polar surface area (TPSA) is 63.4 Å². The highest BCUT2D eigenvalue weighted by Gasteiger charge is 2.30. The Morgan fingerprint density at radius 1 is 1.31 bits per heavy atom. The molecule has 1 heterocycles. The Balaban J connectivity index is 2.11. The van der Waals surface area contributed by atoms with Gasteiger partial charge in [-0.15, -0.1) is 0 Å². The standard InChI is InChI=1S/C12H20N2O2/c1-9(2)10-8-14(12(10)16)7-5-3-4-6-11(13)15/h3-8H2,1-2H3,(H2,13,15). The van der Waals surface area contributed by atoms with Gasteiger partial charge in [-0.2, -0.15) is 0 Å². The molecule has 4 nitrogen and oxygen atoms in total. The number of carbonyl (C=O) groups excluding carboxylic acids is 2. The summed E-state index contributed by atoms with van der Waals surface area (Å²) in [6, 6.07) is 0. The second-order valence-corrected chi connectivity index (χ2v) is 4.48. The molecular weight excluding hydrogens is 204 g/mol. The van der Waals surface area contributed by atoms with Gasteiger partial charge in [0, 0.05) is 18.5 Å². The average molecular weight is 224 g/mol. The van der Waals surface area contributed by atoms with Crippen molar-refractivity contribution in [2.45, 2.75) is 39.5 Å². The number of nitrogens with zero attached hydrogens (tertiary/aromatic N) is 1. The van der Waals surface area contributed by atoms with E-state index in [-0.39, 0.29) is 11.8 Å². The van der Waals surface area contributed by atoms with Crippen molar-refractivity contribution in [2.75, 3.05) is 13.1 Å². The molecule has 0 saturated carbocycles. The van der Waals surface area contributed by atoms with E-state index < -0.39 is 0 Å². The first-order chi connectivity index (χ1) is 7.52. The normalized spacial score (nSPS) is 15.0. The molecule has 16 heavy (non-hydrogen) atoms. The SMILES string of the molecule is CC(C)=C1CN(CCCCCC(N)=O)C1=O. The minimum atomic E-state index is -0.244. The van der Waals surface area contributed by atoms with E-state index in [0.717, 1.165) is 43.5 Å². The van der Waals surface area contributed by atoms with Gasteiger partial charge in [-0.25, -0.2) is 0 Å². The van der Waals surface area contributed by atoms with E-state index in [4.69, 9.17) is 5.73 Å². The maximum absolute atomic E-state index is 11.6. The van der Waals surface area contributed by atoms with Crippen molar-refractivity contribution in [2.24, 2.45) is 5.73 Å². The maximum atomic E-state index is 11.6. The van der Waals surface area contributed by atoms with Crippen LogP contribution in [0.15, 0.2) is 11.1 Å². The summed E-state index contributed by atoms with van der Waals surface area (Å²) in [6.07, 6.45) is 3.19. The Labute approximate surface area is 96.5 Å². The lowest BCUT2D eigenvalue weighted by Gasteiger charge is -2.34. The molecule has 0 radical (unpaired) electrons. The predicted molar refractivity (Wildman–Crippen MR) is 62.6 cm³/mol.